The molecule has 1 fully saturated rings. The molecule has 2 aromatic heterocycles. The highest BCUT2D eigenvalue weighted by molar-refractivity contribution is 5.86. The molecule has 16 heavy (non-hydrogen) atoms. The van der Waals surface area contributed by atoms with Crippen molar-refractivity contribution in [2.24, 2.45) is 0 Å². The van der Waals surface area contributed by atoms with E-state index in [2.05, 4.69) is 27.4 Å². The molecule has 0 saturated carbocycles. The van der Waals surface area contributed by atoms with Crippen LogP contribution in [-0.4, -0.2) is 16.5 Å². The summed E-state index contributed by atoms with van der Waals surface area (Å²) in [5.74, 6) is 0.511. The number of aromatic nitrogens is 2. The summed E-state index contributed by atoms with van der Waals surface area (Å²) in [5.41, 5.74) is 7.72. The molecule has 1 saturated heterocycles. The Balaban J connectivity index is 2.10. The van der Waals surface area contributed by atoms with E-state index in [1.165, 1.54) is 6.42 Å². The average Bonchev–Trinajstić information content (AvgIpc) is 2.83. The van der Waals surface area contributed by atoms with E-state index in [1.54, 1.807) is 6.20 Å². The molecule has 4 heteroatoms. The highest BCUT2D eigenvalue weighted by Crippen LogP contribution is 2.24. The molecule has 0 amide bonds. The molecule has 4 nitrogen and oxygen atoms in total. The van der Waals surface area contributed by atoms with Crippen molar-refractivity contribution in [3.8, 4) is 0 Å². The number of nitrogen functional groups attached to an aromatic ring is 1. The summed E-state index contributed by atoms with van der Waals surface area (Å²) in [4.78, 5) is 8.68. The lowest BCUT2D eigenvalue weighted by atomic mass is 10.1. The maximum absolute atomic E-state index is 5.83. The lowest BCUT2D eigenvalue weighted by Gasteiger charge is -2.10. The van der Waals surface area contributed by atoms with Crippen molar-refractivity contribution < 1.29 is 0 Å². The lowest BCUT2D eigenvalue weighted by molar-refractivity contribution is 0.630. The van der Waals surface area contributed by atoms with Crippen LogP contribution in [-0.2, 0) is 0 Å². The number of rotatable bonds is 1. The first kappa shape index (κ1) is 9.54. The first-order valence-corrected chi connectivity index (χ1v) is 5.59. The molecule has 1 aliphatic heterocycles. The number of hydrogen-bond acceptors (Lipinski definition) is 4. The van der Waals surface area contributed by atoms with Crippen molar-refractivity contribution in [3.63, 3.8) is 0 Å². The van der Waals surface area contributed by atoms with E-state index in [9.17, 15) is 0 Å². The zero-order valence-electron chi connectivity index (χ0n) is 8.98. The molecule has 0 bridgehead atoms. The SMILES string of the molecule is Nc1nccc2ccc(C3CCCN3)nc12. The van der Waals surface area contributed by atoms with Gasteiger partial charge >= 0.3 is 0 Å². The van der Waals surface area contributed by atoms with Crippen LogP contribution in [0, 0.1) is 0 Å². The molecule has 0 aliphatic carbocycles. The Morgan fingerprint density at radius 2 is 2.25 bits per heavy atom. The molecule has 1 unspecified atom stereocenters. The maximum atomic E-state index is 5.83. The van der Waals surface area contributed by atoms with Crippen molar-refractivity contribution in [1.29, 1.82) is 0 Å². The van der Waals surface area contributed by atoms with Gasteiger partial charge in [-0.1, -0.05) is 6.07 Å². The third kappa shape index (κ3) is 1.51. The molecular weight excluding hydrogens is 200 g/mol. The predicted octanol–water partition coefficient (Wildman–Crippen LogP) is 1.64. The second-order valence-corrected chi connectivity index (χ2v) is 4.15. The summed E-state index contributed by atoms with van der Waals surface area (Å²) in [5, 5.41) is 4.48. The minimum absolute atomic E-state index is 0.379. The average molecular weight is 214 g/mol. The van der Waals surface area contributed by atoms with E-state index in [1.807, 2.05) is 6.07 Å². The van der Waals surface area contributed by atoms with Gasteiger partial charge in [-0.25, -0.2) is 9.97 Å². The van der Waals surface area contributed by atoms with E-state index in [4.69, 9.17) is 5.73 Å². The third-order valence-corrected chi connectivity index (χ3v) is 3.08. The van der Waals surface area contributed by atoms with Crippen molar-refractivity contribution in [2.45, 2.75) is 18.9 Å². The fourth-order valence-corrected chi connectivity index (χ4v) is 2.21. The van der Waals surface area contributed by atoms with Gasteiger partial charge in [0.2, 0.25) is 0 Å². The quantitative estimate of drug-likeness (QED) is 0.757. The van der Waals surface area contributed by atoms with Gasteiger partial charge in [0.05, 0.1) is 5.69 Å². The van der Waals surface area contributed by atoms with Gasteiger partial charge in [0.15, 0.2) is 0 Å². The van der Waals surface area contributed by atoms with Crippen molar-refractivity contribution >= 4 is 16.7 Å². The summed E-state index contributed by atoms with van der Waals surface area (Å²) in [6, 6.07) is 6.45. The van der Waals surface area contributed by atoms with Gasteiger partial charge in [-0.15, -0.1) is 0 Å². The van der Waals surface area contributed by atoms with Gasteiger partial charge in [-0.2, -0.15) is 0 Å². The van der Waals surface area contributed by atoms with Crippen molar-refractivity contribution in [1.82, 2.24) is 15.3 Å². The van der Waals surface area contributed by atoms with Crippen LogP contribution >= 0.6 is 0 Å². The Hall–Kier alpha value is -1.68. The maximum Gasteiger partial charge on any atom is 0.149 e. The minimum atomic E-state index is 0.379. The molecule has 0 radical (unpaired) electrons. The number of nitrogens with two attached hydrogens (primary N) is 1. The molecule has 0 aromatic carbocycles. The molecule has 82 valence electrons. The Labute approximate surface area is 93.9 Å². The predicted molar refractivity (Wildman–Crippen MR) is 63.9 cm³/mol. The zero-order valence-corrected chi connectivity index (χ0v) is 8.98. The first-order valence-electron chi connectivity index (χ1n) is 5.59. The normalized spacial score (nSPS) is 20.4. The molecule has 1 aliphatic rings. The number of hydrogen-bond donors (Lipinski definition) is 2. The standard InChI is InChI=1S/C12H14N4/c13-12-11-8(5-7-15-12)3-4-10(16-11)9-2-1-6-14-9/h3-5,7,9,14H,1-2,6H2,(H2,13,15). The highest BCUT2D eigenvalue weighted by atomic mass is 15.0. The van der Waals surface area contributed by atoms with Gasteiger partial charge in [0.1, 0.15) is 11.3 Å². The van der Waals surface area contributed by atoms with Gasteiger partial charge < -0.3 is 11.1 Å². The van der Waals surface area contributed by atoms with Gasteiger partial charge in [0, 0.05) is 17.6 Å². The number of nitrogens with one attached hydrogen (secondary N) is 1. The van der Waals surface area contributed by atoms with Crippen LogP contribution < -0.4 is 11.1 Å². The second-order valence-electron chi connectivity index (χ2n) is 4.15. The smallest absolute Gasteiger partial charge is 0.149 e. The van der Waals surface area contributed by atoms with Crippen LogP contribution in [0.5, 0.6) is 0 Å². The molecule has 0 spiro atoms. The molecule has 3 N–H and O–H groups in total. The fourth-order valence-electron chi connectivity index (χ4n) is 2.21. The van der Waals surface area contributed by atoms with E-state index in [0.717, 1.165) is 29.6 Å². The molecule has 3 heterocycles. The van der Waals surface area contributed by atoms with E-state index in [-0.39, 0.29) is 0 Å². The summed E-state index contributed by atoms with van der Waals surface area (Å²) >= 11 is 0. The van der Waals surface area contributed by atoms with Gasteiger partial charge in [0.25, 0.3) is 0 Å². The Morgan fingerprint density at radius 3 is 3.06 bits per heavy atom. The van der Waals surface area contributed by atoms with Crippen LogP contribution in [0.1, 0.15) is 24.6 Å². The van der Waals surface area contributed by atoms with Crippen LogP contribution in [0.2, 0.25) is 0 Å². The molecule has 1 atom stereocenters. The monoisotopic (exact) mass is 214 g/mol. The topological polar surface area (TPSA) is 63.8 Å². The van der Waals surface area contributed by atoms with Crippen molar-refractivity contribution in [3.05, 3.63) is 30.1 Å². The van der Waals surface area contributed by atoms with E-state index < -0.39 is 0 Å². The minimum Gasteiger partial charge on any atom is -0.382 e. The number of fused-ring (bicyclic) bond motifs is 1. The zero-order chi connectivity index (χ0) is 11.0. The Bertz CT molecular complexity index is 517. The Kier molecular flexibility index (Phi) is 2.22. The van der Waals surface area contributed by atoms with E-state index >= 15 is 0 Å². The Morgan fingerprint density at radius 1 is 1.31 bits per heavy atom. The van der Waals surface area contributed by atoms with Gasteiger partial charge in [-0.3, -0.25) is 0 Å². The molecular formula is C12H14N4. The van der Waals surface area contributed by atoms with Crippen LogP contribution in [0.4, 0.5) is 5.82 Å². The van der Waals surface area contributed by atoms with Gasteiger partial charge in [-0.05, 0) is 31.5 Å². The summed E-state index contributed by atoms with van der Waals surface area (Å²) in [6.07, 6.45) is 4.08. The first-order chi connectivity index (χ1) is 7.84. The van der Waals surface area contributed by atoms with Crippen LogP contribution in [0.3, 0.4) is 0 Å². The van der Waals surface area contributed by atoms with Crippen LogP contribution in [0.25, 0.3) is 10.9 Å². The largest absolute Gasteiger partial charge is 0.382 e. The summed E-state index contributed by atoms with van der Waals surface area (Å²) < 4.78 is 0. The molecule has 3 rings (SSSR count). The number of nitrogens with zero attached hydrogens (tertiary/aromatic N) is 2. The number of pyridine rings is 2. The highest BCUT2D eigenvalue weighted by Gasteiger charge is 2.17. The molecule has 2 aromatic rings. The number of anilines is 1. The van der Waals surface area contributed by atoms with Crippen molar-refractivity contribution in [2.75, 3.05) is 12.3 Å². The summed E-state index contributed by atoms with van der Waals surface area (Å²) in [6.45, 7) is 1.08. The third-order valence-electron chi connectivity index (χ3n) is 3.08. The fraction of sp³-hybridized carbons (Fsp3) is 0.333. The van der Waals surface area contributed by atoms with E-state index in [0.29, 0.717) is 11.9 Å². The second kappa shape index (κ2) is 3.72. The lowest BCUT2D eigenvalue weighted by Crippen LogP contribution is -2.14. The summed E-state index contributed by atoms with van der Waals surface area (Å²) in [7, 11) is 0. The van der Waals surface area contributed by atoms with Crippen LogP contribution in [0.15, 0.2) is 24.4 Å².